The van der Waals surface area contributed by atoms with Crippen LogP contribution in [0.1, 0.15) is 58.1 Å². The maximum atomic E-state index is 12.7. The van der Waals surface area contributed by atoms with Gasteiger partial charge in [-0.25, -0.2) is 0 Å². The zero-order valence-corrected chi connectivity index (χ0v) is 13.0. The number of Topliss-reactive ketones (excluding diaryl/α,β-unsaturated/α-hetero) is 1. The molecule has 3 nitrogen and oxygen atoms in total. The summed E-state index contributed by atoms with van der Waals surface area (Å²) in [6, 6.07) is 8.57. The summed E-state index contributed by atoms with van der Waals surface area (Å²) in [6.45, 7) is 3.90. The SMILES string of the molecule is Cc1nn(C)c(C)c1C(=O)CC1CCCc2ccccc21. The van der Waals surface area contributed by atoms with Crippen LogP contribution < -0.4 is 0 Å². The number of aromatic nitrogens is 2. The Labute approximate surface area is 126 Å². The minimum Gasteiger partial charge on any atom is -0.294 e. The number of carbonyl (C=O) groups is 1. The molecule has 2 aromatic rings. The summed E-state index contributed by atoms with van der Waals surface area (Å²) in [6.07, 6.45) is 4.04. The Morgan fingerprint density at radius 2 is 2.10 bits per heavy atom. The van der Waals surface area contributed by atoms with Crippen molar-refractivity contribution in [3.05, 3.63) is 52.3 Å². The van der Waals surface area contributed by atoms with Gasteiger partial charge in [0, 0.05) is 19.2 Å². The predicted molar refractivity (Wildman–Crippen MR) is 83.8 cm³/mol. The normalized spacial score (nSPS) is 17.6. The molecular formula is C18H22N2O. The van der Waals surface area contributed by atoms with E-state index in [4.69, 9.17) is 0 Å². The summed E-state index contributed by atoms with van der Waals surface area (Å²) in [5.41, 5.74) is 5.43. The van der Waals surface area contributed by atoms with Gasteiger partial charge in [-0.1, -0.05) is 24.3 Å². The van der Waals surface area contributed by atoms with Crippen LogP contribution in [0.3, 0.4) is 0 Å². The minimum absolute atomic E-state index is 0.236. The molecule has 3 rings (SSSR count). The average Bonchev–Trinajstić information content (AvgIpc) is 2.72. The lowest BCUT2D eigenvalue weighted by molar-refractivity contribution is 0.0969. The van der Waals surface area contributed by atoms with Crippen LogP contribution in [0.15, 0.2) is 24.3 Å². The van der Waals surface area contributed by atoms with E-state index in [0.717, 1.165) is 29.8 Å². The fourth-order valence-electron chi connectivity index (χ4n) is 3.57. The first-order valence-corrected chi connectivity index (χ1v) is 7.69. The van der Waals surface area contributed by atoms with Gasteiger partial charge in [0.1, 0.15) is 0 Å². The summed E-state index contributed by atoms with van der Waals surface area (Å²) in [4.78, 5) is 12.7. The van der Waals surface area contributed by atoms with Crippen molar-refractivity contribution in [1.82, 2.24) is 9.78 Å². The molecule has 1 aromatic carbocycles. The molecule has 1 aliphatic carbocycles. The van der Waals surface area contributed by atoms with E-state index in [1.54, 1.807) is 4.68 Å². The largest absolute Gasteiger partial charge is 0.294 e. The van der Waals surface area contributed by atoms with Gasteiger partial charge in [-0.05, 0) is 50.2 Å². The molecule has 3 heteroatoms. The summed E-state index contributed by atoms with van der Waals surface area (Å²) in [5.74, 6) is 0.598. The van der Waals surface area contributed by atoms with Gasteiger partial charge in [-0.3, -0.25) is 9.48 Å². The summed E-state index contributed by atoms with van der Waals surface area (Å²) in [5, 5.41) is 4.36. The molecule has 0 N–H and O–H groups in total. The van der Waals surface area contributed by atoms with Gasteiger partial charge in [-0.15, -0.1) is 0 Å². The molecule has 1 unspecified atom stereocenters. The van der Waals surface area contributed by atoms with Crippen molar-refractivity contribution in [1.29, 1.82) is 0 Å². The Kier molecular flexibility index (Phi) is 3.66. The van der Waals surface area contributed by atoms with Crippen LogP contribution in [0.2, 0.25) is 0 Å². The lowest BCUT2D eigenvalue weighted by Gasteiger charge is -2.25. The van der Waals surface area contributed by atoms with Crippen LogP contribution in [0.4, 0.5) is 0 Å². The fourth-order valence-corrected chi connectivity index (χ4v) is 3.57. The van der Waals surface area contributed by atoms with Crippen molar-refractivity contribution in [2.75, 3.05) is 0 Å². The van der Waals surface area contributed by atoms with Crippen molar-refractivity contribution in [2.24, 2.45) is 7.05 Å². The molecular weight excluding hydrogens is 260 g/mol. The quantitative estimate of drug-likeness (QED) is 0.804. The highest BCUT2D eigenvalue weighted by Crippen LogP contribution is 2.35. The minimum atomic E-state index is 0.236. The molecule has 1 aromatic heterocycles. The van der Waals surface area contributed by atoms with E-state index >= 15 is 0 Å². The summed E-state index contributed by atoms with van der Waals surface area (Å²) >= 11 is 0. The van der Waals surface area contributed by atoms with Crippen molar-refractivity contribution < 1.29 is 4.79 Å². The summed E-state index contributed by atoms with van der Waals surface area (Å²) < 4.78 is 1.80. The van der Waals surface area contributed by atoms with Crippen LogP contribution in [0, 0.1) is 13.8 Å². The number of nitrogens with zero attached hydrogens (tertiary/aromatic N) is 2. The summed E-state index contributed by atoms with van der Waals surface area (Å²) in [7, 11) is 1.90. The molecule has 0 amide bonds. The van der Waals surface area contributed by atoms with E-state index in [9.17, 15) is 4.79 Å². The highest BCUT2D eigenvalue weighted by atomic mass is 16.1. The molecule has 0 radical (unpaired) electrons. The molecule has 1 atom stereocenters. The molecule has 1 aliphatic rings. The van der Waals surface area contributed by atoms with Gasteiger partial charge in [0.15, 0.2) is 5.78 Å². The van der Waals surface area contributed by atoms with E-state index in [-0.39, 0.29) is 5.78 Å². The van der Waals surface area contributed by atoms with E-state index in [1.165, 1.54) is 17.5 Å². The maximum absolute atomic E-state index is 12.7. The van der Waals surface area contributed by atoms with Gasteiger partial charge >= 0.3 is 0 Å². The van der Waals surface area contributed by atoms with Crippen LogP contribution in [-0.4, -0.2) is 15.6 Å². The predicted octanol–water partition coefficient (Wildman–Crippen LogP) is 3.73. The Morgan fingerprint density at radius 3 is 2.81 bits per heavy atom. The first kappa shape index (κ1) is 14.1. The standard InChI is InChI=1S/C18H22N2O/c1-12-18(13(2)20(3)19-12)17(21)11-15-9-6-8-14-7-4-5-10-16(14)15/h4-5,7,10,15H,6,8-9,11H2,1-3H3. The van der Waals surface area contributed by atoms with Crippen molar-refractivity contribution >= 4 is 5.78 Å². The van der Waals surface area contributed by atoms with Gasteiger partial charge in [0.25, 0.3) is 0 Å². The number of ketones is 1. The maximum Gasteiger partial charge on any atom is 0.167 e. The van der Waals surface area contributed by atoms with Crippen LogP contribution >= 0.6 is 0 Å². The van der Waals surface area contributed by atoms with Crippen LogP contribution in [0.25, 0.3) is 0 Å². The Hall–Kier alpha value is -1.90. The van der Waals surface area contributed by atoms with Crippen molar-refractivity contribution in [2.45, 2.75) is 45.4 Å². The van der Waals surface area contributed by atoms with Gasteiger partial charge in [0.2, 0.25) is 0 Å². The first-order chi connectivity index (χ1) is 10.1. The molecule has 0 spiro atoms. The highest BCUT2D eigenvalue weighted by molar-refractivity contribution is 5.98. The van der Waals surface area contributed by atoms with Crippen LogP contribution in [-0.2, 0) is 13.5 Å². The third-order valence-electron chi connectivity index (χ3n) is 4.71. The molecule has 0 bridgehead atoms. The monoisotopic (exact) mass is 282 g/mol. The number of hydrogen-bond donors (Lipinski definition) is 0. The number of hydrogen-bond acceptors (Lipinski definition) is 2. The highest BCUT2D eigenvalue weighted by Gasteiger charge is 2.25. The second-order valence-electron chi connectivity index (χ2n) is 6.08. The van der Waals surface area contributed by atoms with Gasteiger partial charge in [-0.2, -0.15) is 5.10 Å². The Balaban J connectivity index is 1.86. The first-order valence-electron chi connectivity index (χ1n) is 7.69. The second-order valence-corrected chi connectivity index (χ2v) is 6.08. The molecule has 1 heterocycles. The Morgan fingerprint density at radius 1 is 1.33 bits per heavy atom. The number of rotatable bonds is 3. The second kappa shape index (κ2) is 5.47. The third-order valence-corrected chi connectivity index (χ3v) is 4.71. The van der Waals surface area contributed by atoms with Gasteiger partial charge < -0.3 is 0 Å². The van der Waals surface area contributed by atoms with E-state index in [0.29, 0.717) is 12.3 Å². The fraction of sp³-hybridized carbons (Fsp3) is 0.444. The van der Waals surface area contributed by atoms with E-state index < -0.39 is 0 Å². The Bertz CT molecular complexity index is 685. The molecule has 0 aliphatic heterocycles. The lowest BCUT2D eigenvalue weighted by atomic mass is 9.79. The average molecular weight is 282 g/mol. The smallest absolute Gasteiger partial charge is 0.167 e. The van der Waals surface area contributed by atoms with E-state index in [2.05, 4.69) is 29.4 Å². The lowest BCUT2D eigenvalue weighted by Crippen LogP contribution is -2.14. The molecule has 21 heavy (non-hydrogen) atoms. The molecule has 0 saturated carbocycles. The van der Waals surface area contributed by atoms with Crippen molar-refractivity contribution in [3.8, 4) is 0 Å². The number of benzene rings is 1. The molecule has 0 fully saturated rings. The third kappa shape index (κ3) is 2.53. The van der Waals surface area contributed by atoms with Crippen molar-refractivity contribution in [3.63, 3.8) is 0 Å². The molecule has 0 saturated heterocycles. The van der Waals surface area contributed by atoms with Gasteiger partial charge in [0.05, 0.1) is 11.3 Å². The van der Waals surface area contributed by atoms with Crippen LogP contribution in [0.5, 0.6) is 0 Å². The zero-order valence-electron chi connectivity index (χ0n) is 13.0. The number of carbonyl (C=O) groups excluding carboxylic acids is 1. The number of aryl methyl sites for hydroxylation is 3. The number of fused-ring (bicyclic) bond motifs is 1. The molecule has 110 valence electrons. The van der Waals surface area contributed by atoms with E-state index in [1.807, 2.05) is 20.9 Å². The zero-order chi connectivity index (χ0) is 15.0. The topological polar surface area (TPSA) is 34.9 Å².